The Bertz CT molecular complexity index is 1490. The van der Waals surface area contributed by atoms with Crippen LogP contribution in [0.3, 0.4) is 0 Å². The Balaban J connectivity index is 1.27. The summed E-state index contributed by atoms with van der Waals surface area (Å²) in [4.78, 5) is 37.8. The van der Waals surface area contributed by atoms with Gasteiger partial charge in [0, 0.05) is 22.9 Å². The summed E-state index contributed by atoms with van der Waals surface area (Å²) in [5, 5.41) is 14.2. The van der Waals surface area contributed by atoms with Gasteiger partial charge in [0.1, 0.15) is 18.1 Å². The number of para-hydroxylation sites is 1. The number of anilines is 2. The lowest BCUT2D eigenvalue weighted by molar-refractivity contribution is -0.385. The van der Waals surface area contributed by atoms with Gasteiger partial charge in [-0.2, -0.15) is 0 Å². The Morgan fingerprint density at radius 1 is 0.974 bits per heavy atom. The molecule has 0 bridgehead atoms. The van der Waals surface area contributed by atoms with Crippen LogP contribution in [-0.2, 0) is 17.9 Å². The van der Waals surface area contributed by atoms with E-state index in [0.29, 0.717) is 40.6 Å². The summed E-state index contributed by atoms with van der Waals surface area (Å²) in [6, 6.07) is 27.9. The molecule has 0 fully saturated rings. The second-order valence-corrected chi connectivity index (χ2v) is 8.59. The van der Waals surface area contributed by atoms with E-state index in [0.717, 1.165) is 5.56 Å². The van der Waals surface area contributed by atoms with Crippen molar-refractivity contribution in [3.63, 3.8) is 0 Å². The van der Waals surface area contributed by atoms with Crippen LogP contribution in [-0.4, -0.2) is 23.3 Å². The largest absolute Gasteiger partial charge is 0.489 e. The van der Waals surface area contributed by atoms with Gasteiger partial charge in [-0.3, -0.25) is 19.7 Å². The highest BCUT2D eigenvalue weighted by Crippen LogP contribution is 2.35. The quantitative estimate of drug-likeness (QED) is 0.253. The maximum absolute atomic E-state index is 12.9. The predicted molar refractivity (Wildman–Crippen MR) is 141 cm³/mol. The summed E-state index contributed by atoms with van der Waals surface area (Å²) in [6.45, 7) is 0.221. The minimum atomic E-state index is -0.476. The summed E-state index contributed by atoms with van der Waals surface area (Å²) in [5.74, 6) is 0.344. The van der Waals surface area contributed by atoms with Crippen molar-refractivity contribution in [3.8, 4) is 11.5 Å². The highest BCUT2D eigenvalue weighted by Gasteiger charge is 2.28. The summed E-state index contributed by atoms with van der Waals surface area (Å²) >= 11 is 0. The second-order valence-electron chi connectivity index (χ2n) is 8.59. The van der Waals surface area contributed by atoms with Crippen molar-refractivity contribution in [3.05, 3.63) is 124 Å². The number of carbonyl (C=O) groups is 2. The molecule has 0 spiro atoms. The molecule has 5 rings (SSSR count). The molecule has 9 nitrogen and oxygen atoms in total. The summed E-state index contributed by atoms with van der Waals surface area (Å²) in [7, 11) is 0. The molecule has 0 atom stereocenters. The van der Waals surface area contributed by atoms with Gasteiger partial charge in [0.2, 0.25) is 0 Å². The molecule has 38 heavy (non-hydrogen) atoms. The molecule has 2 amide bonds. The molecule has 0 saturated carbocycles. The molecule has 1 heterocycles. The molecule has 9 heteroatoms. The Labute approximate surface area is 218 Å². The van der Waals surface area contributed by atoms with Crippen molar-refractivity contribution in [1.29, 1.82) is 0 Å². The van der Waals surface area contributed by atoms with Crippen LogP contribution in [0.25, 0.3) is 0 Å². The third kappa shape index (κ3) is 5.46. The van der Waals surface area contributed by atoms with Gasteiger partial charge in [-0.25, -0.2) is 0 Å². The van der Waals surface area contributed by atoms with E-state index in [1.54, 1.807) is 60.7 Å². The number of nitro groups is 1. The van der Waals surface area contributed by atoms with Gasteiger partial charge in [0.05, 0.1) is 17.2 Å². The van der Waals surface area contributed by atoms with E-state index < -0.39 is 4.92 Å². The Morgan fingerprint density at radius 2 is 1.71 bits per heavy atom. The Morgan fingerprint density at radius 3 is 2.47 bits per heavy atom. The number of amides is 2. The molecule has 0 aliphatic carbocycles. The number of benzene rings is 4. The summed E-state index contributed by atoms with van der Waals surface area (Å²) in [6.07, 6.45) is 0. The zero-order valence-corrected chi connectivity index (χ0v) is 20.2. The summed E-state index contributed by atoms with van der Waals surface area (Å²) in [5.41, 5.74) is 2.76. The van der Waals surface area contributed by atoms with Gasteiger partial charge in [0.25, 0.3) is 17.5 Å². The van der Waals surface area contributed by atoms with E-state index >= 15 is 0 Å². The lowest BCUT2D eigenvalue weighted by Crippen LogP contribution is -2.38. The highest BCUT2D eigenvalue weighted by atomic mass is 16.6. The second kappa shape index (κ2) is 10.8. The maximum atomic E-state index is 12.9. The lowest BCUT2D eigenvalue weighted by atomic mass is 10.1. The number of hydrogen-bond acceptors (Lipinski definition) is 6. The average molecular weight is 510 g/mol. The number of ether oxygens (including phenoxy) is 2. The zero-order chi connectivity index (χ0) is 26.5. The molecule has 0 unspecified atom stereocenters. The van der Waals surface area contributed by atoms with Crippen molar-refractivity contribution in [2.45, 2.75) is 13.2 Å². The van der Waals surface area contributed by atoms with Crippen molar-refractivity contribution < 1.29 is 24.0 Å². The maximum Gasteiger partial charge on any atom is 0.274 e. The molecule has 190 valence electrons. The normalized spacial score (nSPS) is 12.3. The van der Waals surface area contributed by atoms with E-state index in [9.17, 15) is 19.7 Å². The third-order valence-electron chi connectivity index (χ3n) is 6.04. The number of hydrogen-bond donors (Lipinski definition) is 1. The number of nitrogens with one attached hydrogen (secondary N) is 1. The molecular weight excluding hydrogens is 486 g/mol. The number of nitrogens with zero attached hydrogens (tertiary/aromatic N) is 2. The van der Waals surface area contributed by atoms with Crippen LogP contribution in [0.4, 0.5) is 17.1 Å². The van der Waals surface area contributed by atoms with Crippen LogP contribution in [0.2, 0.25) is 0 Å². The van der Waals surface area contributed by atoms with Crippen molar-refractivity contribution >= 4 is 28.9 Å². The first-order valence-electron chi connectivity index (χ1n) is 11.9. The van der Waals surface area contributed by atoms with E-state index in [1.165, 1.54) is 11.0 Å². The first kappa shape index (κ1) is 24.5. The predicted octanol–water partition coefficient (Wildman–Crippen LogP) is 5.35. The summed E-state index contributed by atoms with van der Waals surface area (Å²) < 4.78 is 11.4. The highest BCUT2D eigenvalue weighted by molar-refractivity contribution is 6.06. The minimum Gasteiger partial charge on any atom is -0.489 e. The SMILES string of the molecule is O=C(Nc1ccc(OCc2ccccc2)cc1)c1ccc2c(c1)OCC(=O)N2Cc1ccccc1[N+](=O)[O-]. The van der Waals surface area contributed by atoms with Crippen LogP contribution in [0.5, 0.6) is 11.5 Å². The topological polar surface area (TPSA) is 111 Å². The zero-order valence-electron chi connectivity index (χ0n) is 20.2. The molecule has 1 aliphatic rings. The van der Waals surface area contributed by atoms with Gasteiger partial charge in [-0.15, -0.1) is 0 Å². The molecule has 4 aromatic rings. The monoisotopic (exact) mass is 509 g/mol. The number of carbonyl (C=O) groups excluding carboxylic acids is 2. The molecule has 0 saturated heterocycles. The molecule has 1 N–H and O–H groups in total. The van der Waals surface area contributed by atoms with Crippen molar-refractivity contribution in [2.24, 2.45) is 0 Å². The smallest absolute Gasteiger partial charge is 0.274 e. The van der Waals surface area contributed by atoms with Crippen molar-refractivity contribution in [1.82, 2.24) is 0 Å². The van der Waals surface area contributed by atoms with Gasteiger partial charge >= 0.3 is 0 Å². The first-order chi connectivity index (χ1) is 18.5. The fourth-order valence-electron chi connectivity index (χ4n) is 4.09. The average Bonchev–Trinajstić information content (AvgIpc) is 2.94. The van der Waals surface area contributed by atoms with Crippen LogP contribution >= 0.6 is 0 Å². The Hall–Kier alpha value is -5.18. The first-order valence-corrected chi connectivity index (χ1v) is 11.9. The van der Waals surface area contributed by atoms with Crippen LogP contribution in [0.1, 0.15) is 21.5 Å². The number of nitro benzene ring substituents is 1. The van der Waals surface area contributed by atoms with Crippen LogP contribution in [0, 0.1) is 10.1 Å². The van der Waals surface area contributed by atoms with Gasteiger partial charge < -0.3 is 19.7 Å². The number of fused-ring (bicyclic) bond motifs is 1. The van der Waals surface area contributed by atoms with Gasteiger partial charge in [-0.05, 0) is 48.0 Å². The van der Waals surface area contributed by atoms with E-state index in [-0.39, 0.29) is 30.7 Å². The van der Waals surface area contributed by atoms with Crippen LogP contribution < -0.4 is 19.7 Å². The van der Waals surface area contributed by atoms with Crippen molar-refractivity contribution in [2.75, 3.05) is 16.8 Å². The van der Waals surface area contributed by atoms with E-state index in [4.69, 9.17) is 9.47 Å². The fourth-order valence-corrected chi connectivity index (χ4v) is 4.09. The molecule has 0 aromatic heterocycles. The Kier molecular flexibility index (Phi) is 6.99. The third-order valence-corrected chi connectivity index (χ3v) is 6.04. The molecule has 1 aliphatic heterocycles. The minimum absolute atomic E-state index is 0.0105. The van der Waals surface area contributed by atoms with Gasteiger partial charge in [-0.1, -0.05) is 48.5 Å². The van der Waals surface area contributed by atoms with Gasteiger partial charge in [0.15, 0.2) is 6.61 Å². The molecular formula is C29H23N3O6. The fraction of sp³-hybridized carbons (Fsp3) is 0.103. The number of rotatable bonds is 8. The van der Waals surface area contributed by atoms with E-state index in [1.807, 2.05) is 30.3 Å². The van der Waals surface area contributed by atoms with Crippen LogP contribution in [0.15, 0.2) is 97.1 Å². The standard InChI is InChI=1S/C29H23N3O6/c33-28-19-38-27-16-21(10-15-26(27)31(28)17-22-8-4-5-9-25(22)32(35)36)29(34)30-23-11-13-24(14-12-23)37-18-20-6-2-1-3-7-20/h1-16H,17-19H2,(H,30,34). The molecule has 0 radical (unpaired) electrons. The van der Waals surface area contributed by atoms with E-state index in [2.05, 4.69) is 5.32 Å². The molecule has 4 aromatic carbocycles. The lowest BCUT2D eigenvalue weighted by Gasteiger charge is -2.29.